The zero-order valence-corrected chi connectivity index (χ0v) is 11.4. The molecular weight excluding hydrogens is 208 g/mol. The first-order valence-electron chi connectivity index (χ1n) is 5.97. The Kier molecular flexibility index (Phi) is 5.25. The van der Waals surface area contributed by atoms with Gasteiger partial charge in [-0.15, -0.1) is 0 Å². The summed E-state index contributed by atoms with van der Waals surface area (Å²) in [6, 6.07) is 2.12. The Balaban J connectivity index is 2.17. The molecule has 4 heteroatoms. The minimum absolute atomic E-state index is 0.521. The number of ether oxygens (including phenoxy) is 1. The fourth-order valence-electron chi connectivity index (χ4n) is 2.12. The second kappa shape index (κ2) is 5.99. The Morgan fingerprint density at radius 2 is 1.80 bits per heavy atom. The minimum Gasteiger partial charge on any atom is -0.398 e. The fraction of sp³-hybridized carbons (Fsp3) is 1.00. The van der Waals surface area contributed by atoms with E-state index in [0.29, 0.717) is 12.2 Å². The summed E-state index contributed by atoms with van der Waals surface area (Å²) in [4.78, 5) is 0. The van der Waals surface area contributed by atoms with Crippen molar-refractivity contribution >= 4 is 8.56 Å². The lowest BCUT2D eigenvalue weighted by Gasteiger charge is -2.25. The van der Waals surface area contributed by atoms with E-state index in [4.69, 9.17) is 13.6 Å². The Labute approximate surface area is 94.4 Å². The van der Waals surface area contributed by atoms with Crippen molar-refractivity contribution in [2.75, 3.05) is 14.2 Å². The predicted octanol–water partition coefficient (Wildman–Crippen LogP) is 2.70. The van der Waals surface area contributed by atoms with Gasteiger partial charge in [-0.2, -0.15) is 0 Å². The lowest BCUT2D eigenvalue weighted by atomic mass is 10.2. The van der Waals surface area contributed by atoms with Crippen LogP contribution in [0.1, 0.15) is 33.1 Å². The summed E-state index contributed by atoms with van der Waals surface area (Å²) in [5.74, 6) is 0. The van der Waals surface area contributed by atoms with Gasteiger partial charge in [-0.05, 0) is 31.4 Å². The highest BCUT2D eigenvalue weighted by molar-refractivity contribution is 6.67. The molecule has 0 bridgehead atoms. The van der Waals surface area contributed by atoms with Crippen LogP contribution in [0.4, 0.5) is 0 Å². The van der Waals surface area contributed by atoms with Gasteiger partial charge < -0.3 is 13.6 Å². The standard InChI is InChI=1S/C11H24O3Si/c1-5-10-11(14-10)8-7-9-15(6-2,12-3)13-4/h10-11H,5-9H2,1-4H3. The summed E-state index contributed by atoms with van der Waals surface area (Å²) in [6.07, 6.45) is 4.54. The van der Waals surface area contributed by atoms with Crippen LogP contribution in [0.25, 0.3) is 0 Å². The van der Waals surface area contributed by atoms with E-state index in [1.165, 1.54) is 12.8 Å². The summed E-state index contributed by atoms with van der Waals surface area (Å²) in [5.41, 5.74) is 0. The number of hydrogen-bond donors (Lipinski definition) is 0. The van der Waals surface area contributed by atoms with Crippen molar-refractivity contribution < 1.29 is 13.6 Å². The molecule has 15 heavy (non-hydrogen) atoms. The maximum absolute atomic E-state index is 5.57. The molecule has 1 rings (SSSR count). The molecule has 3 nitrogen and oxygen atoms in total. The molecule has 0 radical (unpaired) electrons. The van der Waals surface area contributed by atoms with E-state index >= 15 is 0 Å². The van der Waals surface area contributed by atoms with Crippen LogP contribution in [0.2, 0.25) is 12.1 Å². The first-order valence-corrected chi connectivity index (χ1v) is 8.20. The molecular formula is C11H24O3Si. The van der Waals surface area contributed by atoms with Gasteiger partial charge in [0.15, 0.2) is 0 Å². The van der Waals surface area contributed by atoms with Crippen molar-refractivity contribution in [2.45, 2.75) is 57.4 Å². The van der Waals surface area contributed by atoms with Gasteiger partial charge in [0, 0.05) is 14.2 Å². The molecule has 0 N–H and O–H groups in total. The van der Waals surface area contributed by atoms with Crippen LogP contribution >= 0.6 is 0 Å². The van der Waals surface area contributed by atoms with Gasteiger partial charge in [0.05, 0.1) is 12.2 Å². The number of hydrogen-bond acceptors (Lipinski definition) is 3. The van der Waals surface area contributed by atoms with Crippen LogP contribution in [0.15, 0.2) is 0 Å². The second-order valence-electron chi connectivity index (χ2n) is 4.19. The average molecular weight is 232 g/mol. The second-order valence-corrected chi connectivity index (χ2v) is 8.03. The van der Waals surface area contributed by atoms with Crippen LogP contribution in [0.5, 0.6) is 0 Å². The van der Waals surface area contributed by atoms with E-state index in [1.54, 1.807) is 14.2 Å². The van der Waals surface area contributed by atoms with Crippen molar-refractivity contribution in [3.05, 3.63) is 0 Å². The van der Waals surface area contributed by atoms with E-state index < -0.39 is 8.56 Å². The molecule has 0 spiro atoms. The summed E-state index contributed by atoms with van der Waals surface area (Å²) in [5, 5.41) is 0. The molecule has 1 fully saturated rings. The minimum atomic E-state index is -1.84. The van der Waals surface area contributed by atoms with Gasteiger partial charge in [-0.3, -0.25) is 0 Å². The summed E-state index contributed by atoms with van der Waals surface area (Å²) < 4.78 is 16.7. The molecule has 0 aliphatic carbocycles. The van der Waals surface area contributed by atoms with Crippen molar-refractivity contribution in [3.63, 3.8) is 0 Å². The third-order valence-electron chi connectivity index (χ3n) is 3.42. The van der Waals surface area contributed by atoms with Gasteiger partial charge in [-0.1, -0.05) is 13.8 Å². The van der Waals surface area contributed by atoms with E-state index in [-0.39, 0.29) is 0 Å². The third-order valence-corrected chi connectivity index (χ3v) is 7.10. The molecule has 90 valence electrons. The molecule has 0 aromatic rings. The lowest BCUT2D eigenvalue weighted by molar-refractivity contribution is 0.240. The Bertz CT molecular complexity index is 174. The number of epoxide rings is 1. The van der Waals surface area contributed by atoms with E-state index in [0.717, 1.165) is 18.5 Å². The van der Waals surface area contributed by atoms with Crippen molar-refractivity contribution in [1.29, 1.82) is 0 Å². The van der Waals surface area contributed by atoms with Crippen LogP contribution in [0, 0.1) is 0 Å². The molecule has 0 aromatic heterocycles. The summed E-state index contributed by atoms with van der Waals surface area (Å²) in [6.45, 7) is 4.34. The largest absolute Gasteiger partial charge is 0.398 e. The van der Waals surface area contributed by atoms with Gasteiger partial charge in [-0.25, -0.2) is 0 Å². The highest BCUT2D eigenvalue weighted by Gasteiger charge is 2.38. The van der Waals surface area contributed by atoms with Crippen LogP contribution in [-0.4, -0.2) is 35.0 Å². The van der Waals surface area contributed by atoms with Gasteiger partial charge in [0.2, 0.25) is 0 Å². The first kappa shape index (κ1) is 13.2. The van der Waals surface area contributed by atoms with Gasteiger partial charge in [0.25, 0.3) is 0 Å². The Morgan fingerprint density at radius 3 is 2.20 bits per heavy atom. The molecule has 0 aromatic carbocycles. The molecule has 2 atom stereocenters. The molecule has 0 saturated carbocycles. The van der Waals surface area contributed by atoms with Crippen molar-refractivity contribution in [3.8, 4) is 0 Å². The smallest absolute Gasteiger partial charge is 0.337 e. The average Bonchev–Trinajstić information content (AvgIpc) is 3.04. The molecule has 2 unspecified atom stereocenters. The third kappa shape index (κ3) is 3.55. The van der Waals surface area contributed by atoms with E-state index in [9.17, 15) is 0 Å². The highest BCUT2D eigenvalue weighted by atomic mass is 28.4. The molecule has 1 saturated heterocycles. The zero-order valence-electron chi connectivity index (χ0n) is 10.4. The molecule has 0 amide bonds. The number of rotatable bonds is 8. The van der Waals surface area contributed by atoms with Crippen molar-refractivity contribution in [1.82, 2.24) is 0 Å². The first-order chi connectivity index (χ1) is 7.21. The normalized spacial score (nSPS) is 25.6. The molecule has 1 aliphatic heterocycles. The lowest BCUT2D eigenvalue weighted by Crippen LogP contribution is -2.38. The van der Waals surface area contributed by atoms with Crippen LogP contribution in [0.3, 0.4) is 0 Å². The quantitative estimate of drug-likeness (QED) is 0.476. The maximum atomic E-state index is 5.57. The zero-order chi connectivity index (χ0) is 11.3. The Morgan fingerprint density at radius 1 is 1.13 bits per heavy atom. The SMILES string of the molecule is CCC1OC1CCC[Si](CC)(OC)OC. The van der Waals surface area contributed by atoms with E-state index in [2.05, 4.69) is 13.8 Å². The highest BCUT2D eigenvalue weighted by Crippen LogP contribution is 2.31. The summed E-state index contributed by atoms with van der Waals surface area (Å²) in [7, 11) is 1.71. The molecule has 1 heterocycles. The van der Waals surface area contributed by atoms with Gasteiger partial charge >= 0.3 is 8.56 Å². The Hall–Kier alpha value is 0.0969. The fourth-order valence-corrected chi connectivity index (χ4v) is 4.37. The topological polar surface area (TPSA) is 31.0 Å². The maximum Gasteiger partial charge on any atom is 0.337 e. The summed E-state index contributed by atoms with van der Waals surface area (Å²) >= 11 is 0. The van der Waals surface area contributed by atoms with E-state index in [1.807, 2.05) is 0 Å². The van der Waals surface area contributed by atoms with Crippen LogP contribution in [-0.2, 0) is 13.6 Å². The van der Waals surface area contributed by atoms with Gasteiger partial charge in [0.1, 0.15) is 0 Å². The predicted molar refractivity (Wildman–Crippen MR) is 63.2 cm³/mol. The monoisotopic (exact) mass is 232 g/mol. The van der Waals surface area contributed by atoms with Crippen LogP contribution < -0.4 is 0 Å². The van der Waals surface area contributed by atoms with Crippen molar-refractivity contribution in [2.24, 2.45) is 0 Å². The molecule has 1 aliphatic rings.